The molecule has 8 heteroatoms. The van der Waals surface area contributed by atoms with Crippen LogP contribution in [0.4, 0.5) is 4.39 Å². The van der Waals surface area contributed by atoms with Crippen LogP contribution >= 0.6 is 11.3 Å². The molecule has 0 aliphatic carbocycles. The number of halogens is 1. The van der Waals surface area contributed by atoms with Crippen LogP contribution < -0.4 is 14.8 Å². The summed E-state index contributed by atoms with van der Waals surface area (Å²) < 4.78 is 26.5. The standard InChI is InChI=1S/C22H20FN3O3S/c1-26-22-16(20(25-26)15-6-4-5-7-17(15)23)11-19(30-22)21(27)24-12-13-8-9-14(28-2)10-18(13)29-3/h4-11H,12H2,1-3H3,(H,24,27). The predicted molar refractivity (Wildman–Crippen MR) is 115 cm³/mol. The van der Waals surface area contributed by atoms with Gasteiger partial charge in [0.25, 0.3) is 5.91 Å². The topological polar surface area (TPSA) is 65.4 Å². The minimum atomic E-state index is -0.346. The number of carbonyl (C=O) groups is 1. The van der Waals surface area contributed by atoms with E-state index in [4.69, 9.17) is 9.47 Å². The summed E-state index contributed by atoms with van der Waals surface area (Å²) in [6.07, 6.45) is 0. The Morgan fingerprint density at radius 2 is 1.97 bits per heavy atom. The lowest BCUT2D eigenvalue weighted by Gasteiger charge is -2.11. The van der Waals surface area contributed by atoms with Crippen molar-refractivity contribution in [1.82, 2.24) is 15.1 Å². The molecule has 0 spiro atoms. The van der Waals surface area contributed by atoms with E-state index < -0.39 is 0 Å². The molecule has 154 valence electrons. The number of amides is 1. The number of benzene rings is 2. The fourth-order valence-electron chi connectivity index (χ4n) is 3.27. The van der Waals surface area contributed by atoms with Crippen molar-refractivity contribution in [1.29, 1.82) is 0 Å². The third kappa shape index (κ3) is 3.61. The number of carbonyl (C=O) groups excluding carboxylic acids is 1. The zero-order chi connectivity index (χ0) is 21.3. The second-order valence-electron chi connectivity index (χ2n) is 6.64. The molecule has 0 aliphatic rings. The number of nitrogens with one attached hydrogen (secondary N) is 1. The van der Waals surface area contributed by atoms with Gasteiger partial charge in [-0.05, 0) is 30.3 Å². The number of hydrogen-bond donors (Lipinski definition) is 1. The van der Waals surface area contributed by atoms with Crippen molar-refractivity contribution in [3.63, 3.8) is 0 Å². The van der Waals surface area contributed by atoms with Crippen LogP contribution in [0, 0.1) is 5.82 Å². The third-order valence-electron chi connectivity index (χ3n) is 4.80. The molecule has 4 rings (SSSR count). The van der Waals surface area contributed by atoms with E-state index in [1.807, 2.05) is 12.1 Å². The molecule has 2 aromatic heterocycles. The van der Waals surface area contributed by atoms with E-state index in [0.29, 0.717) is 34.2 Å². The highest BCUT2D eigenvalue weighted by Gasteiger charge is 2.19. The van der Waals surface area contributed by atoms with Gasteiger partial charge in [0.05, 0.1) is 19.1 Å². The molecule has 1 amide bonds. The van der Waals surface area contributed by atoms with Gasteiger partial charge in [0, 0.05) is 36.2 Å². The summed E-state index contributed by atoms with van der Waals surface area (Å²) >= 11 is 1.32. The van der Waals surface area contributed by atoms with E-state index in [1.165, 1.54) is 17.4 Å². The zero-order valence-corrected chi connectivity index (χ0v) is 17.5. The summed E-state index contributed by atoms with van der Waals surface area (Å²) in [7, 11) is 4.94. The van der Waals surface area contributed by atoms with Crippen LogP contribution in [0.15, 0.2) is 48.5 Å². The molecule has 0 atom stereocenters. The fraction of sp³-hybridized carbons (Fsp3) is 0.182. The molecule has 0 unspecified atom stereocenters. The minimum absolute atomic E-state index is 0.214. The molecule has 0 fully saturated rings. The van der Waals surface area contributed by atoms with Gasteiger partial charge < -0.3 is 14.8 Å². The number of thiophene rings is 1. The van der Waals surface area contributed by atoms with E-state index in [0.717, 1.165) is 15.8 Å². The molecule has 4 aromatic rings. The summed E-state index contributed by atoms with van der Waals surface area (Å²) in [6, 6.07) is 13.7. The first kappa shape index (κ1) is 19.9. The quantitative estimate of drug-likeness (QED) is 0.498. The van der Waals surface area contributed by atoms with E-state index >= 15 is 0 Å². The lowest BCUT2D eigenvalue weighted by Crippen LogP contribution is -2.22. The van der Waals surface area contributed by atoms with Crippen LogP contribution in [0.5, 0.6) is 11.5 Å². The summed E-state index contributed by atoms with van der Waals surface area (Å²) in [5, 5.41) is 8.11. The van der Waals surface area contributed by atoms with Gasteiger partial charge in [-0.3, -0.25) is 9.48 Å². The fourth-order valence-corrected chi connectivity index (χ4v) is 4.25. The Hall–Kier alpha value is -3.39. The second-order valence-corrected chi connectivity index (χ2v) is 7.67. The smallest absolute Gasteiger partial charge is 0.261 e. The summed E-state index contributed by atoms with van der Waals surface area (Å²) in [6.45, 7) is 0.304. The zero-order valence-electron chi connectivity index (χ0n) is 16.7. The number of rotatable bonds is 6. The van der Waals surface area contributed by atoms with Crippen LogP contribution in [0.25, 0.3) is 21.5 Å². The van der Waals surface area contributed by atoms with Gasteiger partial charge in [-0.15, -0.1) is 11.3 Å². The first-order chi connectivity index (χ1) is 14.5. The molecule has 0 saturated heterocycles. The van der Waals surface area contributed by atoms with Crippen LogP contribution in [0.3, 0.4) is 0 Å². The SMILES string of the molecule is COc1ccc(CNC(=O)c2cc3c(-c4ccccc4F)nn(C)c3s2)c(OC)c1. The Balaban J connectivity index is 1.59. The van der Waals surface area contributed by atoms with Gasteiger partial charge in [-0.1, -0.05) is 12.1 Å². The van der Waals surface area contributed by atoms with Crippen molar-refractivity contribution < 1.29 is 18.7 Å². The molecule has 0 saturated carbocycles. The Morgan fingerprint density at radius 3 is 2.70 bits per heavy atom. The van der Waals surface area contributed by atoms with Gasteiger partial charge >= 0.3 is 0 Å². The van der Waals surface area contributed by atoms with Crippen molar-refractivity contribution >= 4 is 27.5 Å². The van der Waals surface area contributed by atoms with Crippen molar-refractivity contribution in [3.8, 4) is 22.8 Å². The van der Waals surface area contributed by atoms with Crippen molar-refractivity contribution in [2.75, 3.05) is 14.2 Å². The number of methoxy groups -OCH3 is 2. The maximum Gasteiger partial charge on any atom is 0.261 e. The lowest BCUT2D eigenvalue weighted by atomic mass is 10.1. The first-order valence-corrected chi connectivity index (χ1v) is 10.0. The van der Waals surface area contributed by atoms with Crippen LogP contribution in [0.1, 0.15) is 15.2 Å². The molecule has 6 nitrogen and oxygen atoms in total. The summed E-state index contributed by atoms with van der Waals surface area (Å²) in [5.74, 6) is 0.756. The van der Waals surface area contributed by atoms with E-state index in [2.05, 4.69) is 10.4 Å². The number of aromatic nitrogens is 2. The second kappa shape index (κ2) is 8.16. The number of hydrogen-bond acceptors (Lipinski definition) is 5. The van der Waals surface area contributed by atoms with Gasteiger partial charge in [0.15, 0.2) is 0 Å². The highest BCUT2D eigenvalue weighted by Crippen LogP contribution is 2.34. The Kier molecular flexibility index (Phi) is 5.41. The average Bonchev–Trinajstić information content (AvgIpc) is 3.33. The average molecular weight is 425 g/mol. The van der Waals surface area contributed by atoms with Gasteiger partial charge in [0.2, 0.25) is 0 Å². The van der Waals surface area contributed by atoms with Gasteiger partial charge in [-0.25, -0.2) is 4.39 Å². The summed E-state index contributed by atoms with van der Waals surface area (Å²) in [4.78, 5) is 14.1. The number of aryl methyl sites for hydroxylation is 1. The van der Waals surface area contributed by atoms with Crippen LogP contribution in [0.2, 0.25) is 0 Å². The molecule has 2 heterocycles. The van der Waals surface area contributed by atoms with Gasteiger partial charge in [0.1, 0.15) is 27.8 Å². The highest BCUT2D eigenvalue weighted by molar-refractivity contribution is 7.20. The molecular weight excluding hydrogens is 405 g/mol. The largest absolute Gasteiger partial charge is 0.497 e. The number of fused-ring (bicyclic) bond motifs is 1. The first-order valence-electron chi connectivity index (χ1n) is 9.22. The minimum Gasteiger partial charge on any atom is -0.497 e. The highest BCUT2D eigenvalue weighted by atomic mass is 32.1. The molecule has 30 heavy (non-hydrogen) atoms. The molecule has 2 aromatic carbocycles. The monoisotopic (exact) mass is 425 g/mol. The van der Waals surface area contributed by atoms with Crippen molar-refractivity contribution in [3.05, 3.63) is 64.8 Å². The maximum absolute atomic E-state index is 14.3. The number of nitrogens with zero attached hydrogens (tertiary/aromatic N) is 2. The molecule has 0 radical (unpaired) electrons. The van der Waals surface area contributed by atoms with Crippen LogP contribution in [-0.4, -0.2) is 29.9 Å². The molecular formula is C22H20FN3O3S. The van der Waals surface area contributed by atoms with Crippen molar-refractivity contribution in [2.24, 2.45) is 7.05 Å². The van der Waals surface area contributed by atoms with Crippen molar-refractivity contribution in [2.45, 2.75) is 6.54 Å². The summed E-state index contributed by atoms with van der Waals surface area (Å²) in [5.41, 5.74) is 1.77. The normalized spacial score (nSPS) is 10.9. The van der Waals surface area contributed by atoms with Crippen LogP contribution in [-0.2, 0) is 13.6 Å². The maximum atomic E-state index is 14.3. The Bertz CT molecular complexity index is 1230. The molecule has 0 bridgehead atoms. The molecule has 1 N–H and O–H groups in total. The Morgan fingerprint density at radius 1 is 1.17 bits per heavy atom. The van der Waals surface area contributed by atoms with E-state index in [-0.39, 0.29) is 11.7 Å². The number of ether oxygens (including phenoxy) is 2. The van der Waals surface area contributed by atoms with E-state index in [9.17, 15) is 9.18 Å². The molecule has 0 aliphatic heterocycles. The van der Waals surface area contributed by atoms with Gasteiger partial charge in [-0.2, -0.15) is 5.10 Å². The third-order valence-corrected chi connectivity index (χ3v) is 6.00. The predicted octanol–water partition coefficient (Wildman–Crippen LogP) is 4.39. The lowest BCUT2D eigenvalue weighted by molar-refractivity contribution is 0.0955. The van der Waals surface area contributed by atoms with E-state index in [1.54, 1.807) is 56.3 Å². The Labute approximate surface area is 176 Å².